The Balaban J connectivity index is 1.70. The van der Waals surface area contributed by atoms with Crippen LogP contribution in [0.1, 0.15) is 62.4 Å². The van der Waals surface area contributed by atoms with Crippen molar-refractivity contribution in [2.24, 2.45) is 7.05 Å². The first-order chi connectivity index (χ1) is 13.5. The molecule has 2 N–H and O–H groups in total. The van der Waals surface area contributed by atoms with Crippen LogP contribution in [0.25, 0.3) is 0 Å². The minimum absolute atomic E-state index is 0.0771. The van der Waals surface area contributed by atoms with Gasteiger partial charge in [0, 0.05) is 37.1 Å². The van der Waals surface area contributed by atoms with Crippen molar-refractivity contribution in [3.8, 4) is 0 Å². The highest BCUT2D eigenvalue weighted by Gasteiger charge is 2.28. The lowest BCUT2D eigenvalue weighted by Gasteiger charge is -2.19. The summed E-state index contributed by atoms with van der Waals surface area (Å²) < 4.78 is 15.2. The van der Waals surface area contributed by atoms with Gasteiger partial charge in [-0.3, -0.25) is 9.59 Å². The molecule has 28 heavy (non-hydrogen) atoms. The van der Waals surface area contributed by atoms with Crippen LogP contribution in [0.4, 0.5) is 4.39 Å². The number of carbonyl (C=O) groups excluding carboxylic acids is 2. The number of H-pyrrole nitrogens is 1. The van der Waals surface area contributed by atoms with Crippen LogP contribution in [0.15, 0.2) is 36.7 Å². The van der Waals surface area contributed by atoms with Crippen LogP contribution < -0.4 is 5.32 Å². The molecule has 4 rings (SSSR count). The maximum Gasteiger partial charge on any atom is 0.268 e. The number of hydrogen-bond donors (Lipinski definition) is 2. The number of halogens is 1. The Kier molecular flexibility index (Phi) is 4.58. The van der Waals surface area contributed by atoms with Crippen LogP contribution in [-0.2, 0) is 13.5 Å². The summed E-state index contributed by atoms with van der Waals surface area (Å²) in [6, 6.07) is 5.42. The van der Waals surface area contributed by atoms with Crippen molar-refractivity contribution in [2.45, 2.75) is 32.2 Å². The first-order valence-electron chi connectivity index (χ1n) is 9.24. The Labute approximate surface area is 161 Å². The molecule has 3 aromatic rings. The Bertz CT molecular complexity index is 1050. The fourth-order valence-corrected chi connectivity index (χ4v) is 3.81. The average molecular weight is 380 g/mol. The molecule has 0 saturated heterocycles. The first-order valence-corrected chi connectivity index (χ1v) is 9.24. The van der Waals surface area contributed by atoms with Crippen LogP contribution in [-0.4, -0.2) is 26.2 Å². The zero-order valence-electron chi connectivity index (χ0n) is 15.8. The van der Waals surface area contributed by atoms with Crippen molar-refractivity contribution in [1.82, 2.24) is 19.9 Å². The number of nitrogens with zero attached hydrogens (tertiary/aromatic N) is 2. The molecule has 1 aliphatic carbocycles. The molecular weight excluding hydrogens is 359 g/mol. The summed E-state index contributed by atoms with van der Waals surface area (Å²) in [5, 5.41) is 2.99. The molecule has 0 saturated carbocycles. The third-order valence-corrected chi connectivity index (χ3v) is 5.26. The van der Waals surface area contributed by atoms with Gasteiger partial charge < -0.3 is 14.9 Å². The molecule has 7 heteroatoms. The van der Waals surface area contributed by atoms with Gasteiger partial charge in [0.1, 0.15) is 23.4 Å². The average Bonchev–Trinajstić information content (AvgIpc) is 3.24. The second kappa shape index (κ2) is 7.07. The summed E-state index contributed by atoms with van der Waals surface area (Å²) in [6.45, 7) is 1.79. The van der Waals surface area contributed by atoms with Crippen LogP contribution in [0.2, 0.25) is 0 Å². The van der Waals surface area contributed by atoms with E-state index in [0.29, 0.717) is 34.6 Å². The molecule has 2 heterocycles. The van der Waals surface area contributed by atoms with Crippen molar-refractivity contribution in [3.63, 3.8) is 0 Å². The molecule has 0 fully saturated rings. The van der Waals surface area contributed by atoms with Crippen molar-refractivity contribution in [1.29, 1.82) is 0 Å². The number of fused-ring (bicyclic) bond motifs is 1. The molecule has 1 amide bonds. The van der Waals surface area contributed by atoms with Gasteiger partial charge in [-0.2, -0.15) is 0 Å². The highest BCUT2D eigenvalue weighted by atomic mass is 19.1. The zero-order valence-corrected chi connectivity index (χ0v) is 15.8. The predicted octanol–water partition coefficient (Wildman–Crippen LogP) is 3.23. The topological polar surface area (TPSA) is 79.8 Å². The van der Waals surface area contributed by atoms with Gasteiger partial charge in [0.15, 0.2) is 5.78 Å². The molecule has 0 spiro atoms. The number of carbonyl (C=O) groups is 2. The monoisotopic (exact) mass is 380 g/mol. The highest BCUT2D eigenvalue weighted by molar-refractivity contribution is 6.04. The number of benzene rings is 1. The number of aromatic amines is 1. The van der Waals surface area contributed by atoms with E-state index in [1.54, 1.807) is 31.5 Å². The normalized spacial score (nSPS) is 14.6. The number of hydrogen-bond acceptors (Lipinski definition) is 3. The summed E-state index contributed by atoms with van der Waals surface area (Å²) in [6.07, 6.45) is 5.50. The second-order valence-corrected chi connectivity index (χ2v) is 7.11. The van der Waals surface area contributed by atoms with Crippen molar-refractivity contribution in [3.05, 3.63) is 76.4 Å². The zero-order chi connectivity index (χ0) is 19.8. The van der Waals surface area contributed by atoms with Crippen LogP contribution in [0.5, 0.6) is 0 Å². The van der Waals surface area contributed by atoms with E-state index in [2.05, 4.69) is 15.3 Å². The lowest BCUT2D eigenvalue weighted by atomic mass is 9.93. The SMILES string of the molecule is Cc1c(C(=O)N[C@H](c2ccc(F)cc2)c2nccn2C)[nH]c2c1C(=O)CCC2. The standard InChI is InChI=1S/C21H21FN4O2/c1-12-17-15(4-3-5-16(17)27)24-18(12)21(28)25-19(20-23-10-11-26(20)2)13-6-8-14(22)9-7-13/h6-11,19,24H,3-5H2,1-2H3,(H,25,28)/t19-/m1/s1. The van der Waals surface area contributed by atoms with E-state index in [-0.39, 0.29) is 17.5 Å². The van der Waals surface area contributed by atoms with Crippen LogP contribution in [0.3, 0.4) is 0 Å². The van der Waals surface area contributed by atoms with E-state index in [0.717, 1.165) is 18.5 Å². The van der Waals surface area contributed by atoms with E-state index >= 15 is 0 Å². The van der Waals surface area contributed by atoms with Gasteiger partial charge in [-0.05, 0) is 43.0 Å². The largest absolute Gasteiger partial charge is 0.354 e. The quantitative estimate of drug-likeness (QED) is 0.729. The lowest BCUT2D eigenvalue weighted by Crippen LogP contribution is -2.31. The Hall–Kier alpha value is -3.22. The minimum atomic E-state index is -0.552. The van der Waals surface area contributed by atoms with E-state index < -0.39 is 6.04 Å². The number of aromatic nitrogens is 3. The third-order valence-electron chi connectivity index (χ3n) is 5.26. The molecule has 2 aromatic heterocycles. The number of nitrogens with one attached hydrogen (secondary N) is 2. The summed E-state index contributed by atoms with van der Waals surface area (Å²) >= 11 is 0. The third kappa shape index (κ3) is 3.13. The maximum absolute atomic E-state index is 13.4. The fourth-order valence-electron chi connectivity index (χ4n) is 3.81. The summed E-state index contributed by atoms with van der Waals surface area (Å²) in [5.74, 6) is 0.0373. The second-order valence-electron chi connectivity index (χ2n) is 7.11. The minimum Gasteiger partial charge on any atom is -0.354 e. The van der Waals surface area contributed by atoms with Crippen molar-refractivity contribution >= 4 is 11.7 Å². The van der Waals surface area contributed by atoms with Gasteiger partial charge in [0.05, 0.1) is 0 Å². The summed E-state index contributed by atoms with van der Waals surface area (Å²) in [4.78, 5) is 32.8. The van der Waals surface area contributed by atoms with Gasteiger partial charge in [-0.15, -0.1) is 0 Å². The molecule has 0 bridgehead atoms. The van der Waals surface area contributed by atoms with Crippen molar-refractivity contribution < 1.29 is 14.0 Å². The van der Waals surface area contributed by atoms with Gasteiger partial charge in [-0.25, -0.2) is 9.37 Å². The molecule has 0 unspecified atom stereocenters. The Morgan fingerprint density at radius 1 is 1.29 bits per heavy atom. The summed E-state index contributed by atoms with van der Waals surface area (Å²) in [7, 11) is 1.84. The molecule has 1 atom stereocenters. The van der Waals surface area contributed by atoms with E-state index in [9.17, 15) is 14.0 Å². The molecule has 0 radical (unpaired) electrons. The molecule has 6 nitrogen and oxygen atoms in total. The van der Waals surface area contributed by atoms with Crippen LogP contribution >= 0.6 is 0 Å². The number of aryl methyl sites for hydroxylation is 2. The molecular formula is C21H21FN4O2. The van der Waals surface area contributed by atoms with Gasteiger partial charge in [0.2, 0.25) is 0 Å². The number of rotatable bonds is 4. The van der Waals surface area contributed by atoms with Crippen LogP contribution in [0, 0.1) is 12.7 Å². The first kappa shape index (κ1) is 18.2. The van der Waals surface area contributed by atoms with E-state index in [1.807, 2.05) is 11.6 Å². The molecule has 0 aliphatic heterocycles. The number of imidazole rings is 1. The lowest BCUT2D eigenvalue weighted by molar-refractivity contribution is 0.0935. The van der Waals surface area contributed by atoms with Gasteiger partial charge in [0.25, 0.3) is 5.91 Å². The smallest absolute Gasteiger partial charge is 0.268 e. The van der Waals surface area contributed by atoms with E-state index in [4.69, 9.17) is 0 Å². The molecule has 144 valence electrons. The highest BCUT2D eigenvalue weighted by Crippen LogP contribution is 2.27. The maximum atomic E-state index is 13.4. The Morgan fingerprint density at radius 2 is 2.04 bits per heavy atom. The van der Waals surface area contributed by atoms with Gasteiger partial charge >= 0.3 is 0 Å². The fraction of sp³-hybridized carbons (Fsp3) is 0.286. The number of ketones is 1. The van der Waals surface area contributed by atoms with Crippen molar-refractivity contribution in [2.75, 3.05) is 0 Å². The van der Waals surface area contributed by atoms with Gasteiger partial charge in [-0.1, -0.05) is 12.1 Å². The Morgan fingerprint density at radius 3 is 2.68 bits per heavy atom. The number of amides is 1. The predicted molar refractivity (Wildman–Crippen MR) is 102 cm³/mol. The summed E-state index contributed by atoms with van der Waals surface area (Å²) in [5.41, 5.74) is 3.26. The molecule has 1 aliphatic rings. The molecule has 1 aromatic carbocycles. The van der Waals surface area contributed by atoms with E-state index in [1.165, 1.54) is 12.1 Å². The number of Topliss-reactive ketones (excluding diaryl/α,β-unsaturated/α-hetero) is 1.